The van der Waals surface area contributed by atoms with Gasteiger partial charge in [0.1, 0.15) is 12.4 Å². The number of non-ortho nitro benzene ring substituents is 1. The SMILES string of the molecule is CC(C)(C)[Si](C)(C)O[C@@H](CN(CCc1ccc([N+](=O)[O-])cc1)C(=O)O)c1ccc(OCc2ccccc2)c2[nH]c(=O)ccc12. The number of nitrogens with one attached hydrogen (secondary N) is 1. The van der Waals surface area contributed by atoms with E-state index >= 15 is 0 Å². The number of nitro groups is 1. The van der Waals surface area contributed by atoms with Crippen LogP contribution in [0, 0.1) is 10.1 Å². The number of H-pyrrole nitrogens is 1. The van der Waals surface area contributed by atoms with Crippen LogP contribution in [0.25, 0.3) is 10.9 Å². The van der Waals surface area contributed by atoms with Gasteiger partial charge < -0.3 is 24.2 Å². The van der Waals surface area contributed by atoms with Crippen LogP contribution < -0.4 is 10.3 Å². The van der Waals surface area contributed by atoms with Crippen molar-refractivity contribution >= 4 is 31.0 Å². The van der Waals surface area contributed by atoms with Crippen LogP contribution in [0.3, 0.4) is 0 Å². The van der Waals surface area contributed by atoms with Gasteiger partial charge in [0.05, 0.1) is 23.1 Å². The predicted molar refractivity (Wildman–Crippen MR) is 173 cm³/mol. The van der Waals surface area contributed by atoms with Crippen molar-refractivity contribution in [3.05, 3.63) is 116 Å². The Morgan fingerprint density at radius 3 is 2.30 bits per heavy atom. The molecule has 1 atom stereocenters. The number of carboxylic acid groups (broad SMARTS) is 1. The van der Waals surface area contributed by atoms with Crippen molar-refractivity contribution in [3.8, 4) is 5.75 Å². The minimum absolute atomic E-state index is 0.0206. The number of aromatic amines is 1. The Balaban J connectivity index is 1.69. The van der Waals surface area contributed by atoms with E-state index in [1.807, 2.05) is 36.4 Å². The van der Waals surface area contributed by atoms with E-state index in [0.29, 0.717) is 29.7 Å². The lowest BCUT2D eigenvalue weighted by molar-refractivity contribution is -0.384. The van der Waals surface area contributed by atoms with E-state index in [9.17, 15) is 24.8 Å². The molecule has 0 saturated carbocycles. The molecule has 0 fully saturated rings. The molecular weight excluding hydrogens is 578 g/mol. The van der Waals surface area contributed by atoms with Gasteiger partial charge in [0.15, 0.2) is 8.32 Å². The molecule has 0 aliphatic carbocycles. The molecule has 11 heteroatoms. The summed E-state index contributed by atoms with van der Waals surface area (Å²) in [5, 5.41) is 21.8. The molecule has 3 aromatic carbocycles. The fourth-order valence-corrected chi connectivity index (χ4v) is 5.90. The smallest absolute Gasteiger partial charge is 0.407 e. The van der Waals surface area contributed by atoms with Crippen LogP contribution in [0.5, 0.6) is 5.75 Å². The number of fused-ring (bicyclic) bond motifs is 1. The molecule has 0 bridgehead atoms. The zero-order chi connectivity index (χ0) is 32.1. The van der Waals surface area contributed by atoms with Gasteiger partial charge in [-0.1, -0.05) is 69.3 Å². The van der Waals surface area contributed by atoms with Crippen LogP contribution in [0.1, 0.15) is 43.6 Å². The number of aromatic nitrogens is 1. The Morgan fingerprint density at radius 1 is 1.00 bits per heavy atom. The molecule has 1 heterocycles. The van der Waals surface area contributed by atoms with E-state index < -0.39 is 25.4 Å². The molecule has 232 valence electrons. The van der Waals surface area contributed by atoms with E-state index in [-0.39, 0.29) is 29.4 Å². The molecule has 1 aromatic heterocycles. The normalized spacial score (nSPS) is 12.6. The van der Waals surface area contributed by atoms with Gasteiger partial charge >= 0.3 is 6.09 Å². The average molecular weight is 618 g/mol. The summed E-state index contributed by atoms with van der Waals surface area (Å²) in [6, 6.07) is 22.7. The maximum Gasteiger partial charge on any atom is 0.407 e. The third-order valence-corrected chi connectivity index (χ3v) is 12.7. The Morgan fingerprint density at radius 2 is 1.68 bits per heavy atom. The summed E-state index contributed by atoms with van der Waals surface area (Å²) in [6.45, 7) is 11.1. The van der Waals surface area contributed by atoms with Crippen molar-refractivity contribution in [1.82, 2.24) is 9.88 Å². The third-order valence-electron chi connectivity index (χ3n) is 8.19. The molecule has 44 heavy (non-hydrogen) atoms. The van der Waals surface area contributed by atoms with E-state index in [1.165, 1.54) is 23.1 Å². The fourth-order valence-electron chi connectivity index (χ4n) is 4.63. The van der Waals surface area contributed by atoms with Gasteiger partial charge in [0, 0.05) is 30.1 Å². The molecule has 0 spiro atoms. The molecule has 10 nitrogen and oxygen atoms in total. The Kier molecular flexibility index (Phi) is 9.90. The summed E-state index contributed by atoms with van der Waals surface area (Å²) in [5.41, 5.74) is 2.72. The van der Waals surface area contributed by atoms with E-state index in [2.05, 4.69) is 38.8 Å². The first-order valence-corrected chi connectivity index (χ1v) is 17.4. The van der Waals surface area contributed by atoms with E-state index in [1.54, 1.807) is 24.3 Å². The highest BCUT2D eigenvalue weighted by Crippen LogP contribution is 2.41. The highest BCUT2D eigenvalue weighted by molar-refractivity contribution is 6.74. The quantitative estimate of drug-likeness (QED) is 0.0967. The molecule has 0 aliphatic rings. The number of carbonyl (C=O) groups is 1. The minimum Gasteiger partial charge on any atom is -0.487 e. The first-order valence-electron chi connectivity index (χ1n) is 14.5. The summed E-state index contributed by atoms with van der Waals surface area (Å²) >= 11 is 0. The lowest BCUT2D eigenvalue weighted by Gasteiger charge is -2.40. The summed E-state index contributed by atoms with van der Waals surface area (Å²) in [7, 11) is -2.41. The second-order valence-corrected chi connectivity index (χ2v) is 17.1. The topological polar surface area (TPSA) is 135 Å². The van der Waals surface area contributed by atoms with Crippen molar-refractivity contribution in [1.29, 1.82) is 0 Å². The Bertz CT molecular complexity index is 1670. The summed E-state index contributed by atoms with van der Waals surface area (Å²) in [5.74, 6) is 0.504. The molecule has 1 amide bonds. The van der Waals surface area contributed by atoms with Crippen LogP contribution in [-0.4, -0.2) is 47.4 Å². The first kappa shape index (κ1) is 32.4. The summed E-state index contributed by atoms with van der Waals surface area (Å²) in [4.78, 5) is 39.7. The standard InChI is InChI=1S/C33H39N3O7Si/c1-33(2,3)44(4,5)43-29(21-35(32(38)39)20-19-23-11-13-25(14-12-23)36(40)41)26-15-17-28(31-27(26)16-18-30(37)34-31)42-22-24-9-7-6-8-10-24/h6-18,29H,19-22H2,1-5H3,(H,34,37)(H,38,39)/t29-/m0/s1. The molecule has 0 aliphatic heterocycles. The van der Waals surface area contributed by atoms with E-state index in [4.69, 9.17) is 9.16 Å². The molecule has 0 radical (unpaired) electrons. The van der Waals surface area contributed by atoms with Crippen LogP contribution in [-0.2, 0) is 17.5 Å². The Hall–Kier alpha value is -4.48. The lowest BCUT2D eigenvalue weighted by atomic mass is 10.0. The predicted octanol–water partition coefficient (Wildman–Crippen LogP) is 7.30. The van der Waals surface area contributed by atoms with Crippen molar-refractivity contribution in [2.45, 2.75) is 58.0 Å². The molecule has 0 unspecified atom stereocenters. The van der Waals surface area contributed by atoms with Crippen molar-refractivity contribution < 1.29 is 24.0 Å². The van der Waals surface area contributed by atoms with Gasteiger partial charge in [0.25, 0.3) is 5.69 Å². The number of benzene rings is 3. The van der Waals surface area contributed by atoms with Crippen molar-refractivity contribution in [2.24, 2.45) is 0 Å². The van der Waals surface area contributed by atoms with Gasteiger partial charge in [-0.25, -0.2) is 4.79 Å². The fraction of sp³-hybridized carbons (Fsp3) is 0.333. The lowest BCUT2D eigenvalue weighted by Crippen LogP contribution is -2.45. The number of ether oxygens (including phenoxy) is 1. The van der Waals surface area contributed by atoms with Gasteiger partial charge in [-0.3, -0.25) is 14.9 Å². The third kappa shape index (κ3) is 7.91. The number of hydrogen-bond donors (Lipinski definition) is 2. The molecular formula is C33H39N3O7Si. The number of rotatable bonds is 12. The van der Waals surface area contributed by atoms with Gasteiger partial charge in [-0.15, -0.1) is 0 Å². The summed E-state index contributed by atoms with van der Waals surface area (Å²) in [6.07, 6.45) is -1.37. The molecule has 4 aromatic rings. The zero-order valence-electron chi connectivity index (χ0n) is 25.7. The van der Waals surface area contributed by atoms with Gasteiger partial charge in [-0.2, -0.15) is 0 Å². The maximum absolute atomic E-state index is 12.5. The highest BCUT2D eigenvalue weighted by Gasteiger charge is 2.40. The largest absolute Gasteiger partial charge is 0.487 e. The van der Waals surface area contributed by atoms with Crippen LogP contribution in [0.4, 0.5) is 10.5 Å². The first-order chi connectivity index (χ1) is 20.7. The average Bonchev–Trinajstić information content (AvgIpc) is 2.97. The molecule has 2 N–H and O–H groups in total. The molecule has 4 rings (SSSR count). The number of hydrogen-bond acceptors (Lipinski definition) is 6. The van der Waals surface area contributed by atoms with Crippen molar-refractivity contribution in [2.75, 3.05) is 13.1 Å². The van der Waals surface area contributed by atoms with Gasteiger partial charge in [0.2, 0.25) is 5.56 Å². The van der Waals surface area contributed by atoms with E-state index in [0.717, 1.165) is 16.7 Å². The number of pyridine rings is 1. The second kappa shape index (κ2) is 13.4. The van der Waals surface area contributed by atoms with Crippen LogP contribution in [0.2, 0.25) is 18.1 Å². The minimum atomic E-state index is -2.41. The molecule has 0 saturated heterocycles. The Labute approximate surface area is 257 Å². The number of nitrogens with zero attached hydrogens (tertiary/aromatic N) is 2. The van der Waals surface area contributed by atoms with Crippen LogP contribution in [0.15, 0.2) is 83.7 Å². The maximum atomic E-state index is 12.5. The van der Waals surface area contributed by atoms with Crippen LogP contribution >= 0.6 is 0 Å². The van der Waals surface area contributed by atoms with Gasteiger partial charge in [-0.05, 0) is 53.4 Å². The number of amides is 1. The zero-order valence-corrected chi connectivity index (χ0v) is 26.7. The highest BCUT2D eigenvalue weighted by atomic mass is 28.4. The number of nitro benzene ring substituents is 1. The monoisotopic (exact) mass is 617 g/mol. The van der Waals surface area contributed by atoms with Crippen molar-refractivity contribution in [3.63, 3.8) is 0 Å². The summed E-state index contributed by atoms with van der Waals surface area (Å²) < 4.78 is 13.0. The second-order valence-electron chi connectivity index (χ2n) is 12.3.